The Morgan fingerprint density at radius 3 is 2.29 bits per heavy atom. The van der Waals surface area contributed by atoms with Gasteiger partial charge in [-0.15, -0.1) is 0 Å². The number of nitro benzene ring substituents is 1. The van der Waals surface area contributed by atoms with E-state index in [4.69, 9.17) is 9.47 Å². The molecule has 3 rings (SSSR count). The van der Waals surface area contributed by atoms with Crippen molar-refractivity contribution in [2.24, 2.45) is 0 Å². The van der Waals surface area contributed by atoms with Crippen LogP contribution in [0.3, 0.4) is 0 Å². The second-order valence-corrected chi connectivity index (χ2v) is 5.76. The highest BCUT2D eigenvalue weighted by Crippen LogP contribution is 2.37. The molecule has 0 atom stereocenters. The molecule has 0 unspecified atom stereocenters. The van der Waals surface area contributed by atoms with Gasteiger partial charge in [0.25, 0.3) is 0 Å². The zero-order chi connectivity index (χ0) is 20.1. The highest BCUT2D eigenvalue weighted by atomic mass is 16.6. The maximum absolute atomic E-state index is 12.6. The van der Waals surface area contributed by atoms with E-state index in [0.29, 0.717) is 23.2 Å². The molecule has 0 heterocycles. The van der Waals surface area contributed by atoms with Gasteiger partial charge in [0.1, 0.15) is 6.29 Å². The normalized spacial score (nSPS) is 10.2. The van der Waals surface area contributed by atoms with E-state index in [1.807, 2.05) is 0 Å². The Hall–Kier alpha value is -4.00. The number of hydrogen-bond donors (Lipinski definition) is 0. The van der Waals surface area contributed by atoms with Crippen LogP contribution in [-0.4, -0.2) is 24.1 Å². The molecule has 0 bridgehead atoms. The summed E-state index contributed by atoms with van der Waals surface area (Å²) in [7, 11) is 1.42. The van der Waals surface area contributed by atoms with Gasteiger partial charge >= 0.3 is 5.69 Å². The van der Waals surface area contributed by atoms with E-state index in [0.717, 1.165) is 0 Å². The lowest BCUT2D eigenvalue weighted by Crippen LogP contribution is -2.03. The molecule has 0 radical (unpaired) electrons. The number of nitro groups is 1. The SMILES string of the molecule is COc1ccc(C=O)cc1Oc1ccc(C(=O)c2ccccc2)cc1[N+](=O)[O-]. The molecule has 140 valence electrons. The van der Waals surface area contributed by atoms with Crippen LogP contribution in [0.1, 0.15) is 26.3 Å². The van der Waals surface area contributed by atoms with Crippen LogP contribution in [0.15, 0.2) is 66.7 Å². The van der Waals surface area contributed by atoms with Crippen molar-refractivity contribution >= 4 is 17.8 Å². The van der Waals surface area contributed by atoms with E-state index in [1.165, 1.54) is 43.5 Å². The van der Waals surface area contributed by atoms with Crippen molar-refractivity contribution in [1.82, 2.24) is 0 Å². The summed E-state index contributed by atoms with van der Waals surface area (Å²) in [6.07, 6.45) is 0.627. The molecule has 0 fully saturated rings. The van der Waals surface area contributed by atoms with Crippen molar-refractivity contribution in [3.8, 4) is 17.2 Å². The average molecular weight is 377 g/mol. The topological polar surface area (TPSA) is 95.7 Å². The fraction of sp³-hybridized carbons (Fsp3) is 0.0476. The van der Waals surface area contributed by atoms with E-state index < -0.39 is 4.92 Å². The zero-order valence-electron chi connectivity index (χ0n) is 14.8. The molecule has 0 aliphatic carbocycles. The maximum atomic E-state index is 12.6. The first-order valence-electron chi connectivity index (χ1n) is 8.22. The Bertz CT molecular complexity index is 1050. The Morgan fingerprint density at radius 1 is 0.929 bits per heavy atom. The molecule has 0 saturated heterocycles. The molecule has 0 aliphatic rings. The van der Waals surface area contributed by atoms with Gasteiger partial charge in [0.15, 0.2) is 17.3 Å². The molecular formula is C21H15NO6. The molecule has 3 aromatic carbocycles. The molecule has 7 heteroatoms. The van der Waals surface area contributed by atoms with Crippen molar-refractivity contribution in [1.29, 1.82) is 0 Å². The predicted molar refractivity (Wildman–Crippen MR) is 101 cm³/mol. The maximum Gasteiger partial charge on any atom is 0.312 e. The summed E-state index contributed by atoms with van der Waals surface area (Å²) in [5.74, 6) is 0.0495. The number of hydrogen-bond acceptors (Lipinski definition) is 6. The van der Waals surface area contributed by atoms with E-state index in [1.54, 1.807) is 30.3 Å². The van der Waals surface area contributed by atoms with Crippen LogP contribution < -0.4 is 9.47 Å². The number of nitrogens with zero attached hydrogens (tertiary/aromatic N) is 1. The van der Waals surface area contributed by atoms with E-state index in [9.17, 15) is 19.7 Å². The number of rotatable bonds is 7. The highest BCUT2D eigenvalue weighted by Gasteiger charge is 2.21. The van der Waals surface area contributed by atoms with Crippen molar-refractivity contribution in [2.45, 2.75) is 0 Å². The number of carbonyl (C=O) groups is 2. The first-order valence-corrected chi connectivity index (χ1v) is 8.22. The van der Waals surface area contributed by atoms with Gasteiger partial charge in [-0.05, 0) is 30.3 Å². The fourth-order valence-corrected chi connectivity index (χ4v) is 2.61. The van der Waals surface area contributed by atoms with Crippen molar-refractivity contribution in [3.05, 3.63) is 93.5 Å². The smallest absolute Gasteiger partial charge is 0.312 e. The minimum Gasteiger partial charge on any atom is -0.493 e. The third kappa shape index (κ3) is 3.88. The molecule has 0 saturated carbocycles. The summed E-state index contributed by atoms with van der Waals surface area (Å²) in [6, 6.07) is 16.9. The Morgan fingerprint density at radius 2 is 1.64 bits per heavy atom. The number of ether oxygens (including phenoxy) is 2. The van der Waals surface area contributed by atoms with Crippen LogP contribution in [0.5, 0.6) is 17.2 Å². The summed E-state index contributed by atoms with van der Waals surface area (Å²) in [4.78, 5) is 34.4. The molecule has 7 nitrogen and oxygen atoms in total. The second kappa shape index (κ2) is 8.13. The van der Waals surface area contributed by atoms with Gasteiger partial charge in [-0.25, -0.2) is 0 Å². The van der Waals surface area contributed by atoms with Gasteiger partial charge in [0.2, 0.25) is 5.75 Å². The third-order valence-corrected chi connectivity index (χ3v) is 4.00. The van der Waals surface area contributed by atoms with Gasteiger partial charge in [-0.1, -0.05) is 30.3 Å². The molecule has 0 aliphatic heterocycles. The molecule has 0 amide bonds. The Labute approximate surface area is 160 Å². The number of methoxy groups -OCH3 is 1. The number of ketones is 1. The van der Waals surface area contributed by atoms with Gasteiger partial charge in [-0.3, -0.25) is 19.7 Å². The molecule has 3 aromatic rings. The van der Waals surface area contributed by atoms with Gasteiger partial charge in [0, 0.05) is 22.8 Å². The number of carbonyl (C=O) groups excluding carboxylic acids is 2. The molecule has 0 aromatic heterocycles. The minimum absolute atomic E-state index is 0.0732. The lowest BCUT2D eigenvalue weighted by Gasteiger charge is -2.11. The summed E-state index contributed by atoms with van der Waals surface area (Å²) in [6.45, 7) is 0. The zero-order valence-corrected chi connectivity index (χ0v) is 14.8. The third-order valence-electron chi connectivity index (χ3n) is 4.00. The first kappa shape index (κ1) is 18.8. The van der Waals surface area contributed by atoms with Crippen LogP contribution in [-0.2, 0) is 0 Å². The Balaban J connectivity index is 2.00. The number of benzene rings is 3. The monoisotopic (exact) mass is 377 g/mol. The standard InChI is InChI=1S/C21H15NO6/c1-27-19-9-7-14(13-23)11-20(19)28-18-10-8-16(12-17(18)22(25)26)21(24)15-5-3-2-4-6-15/h2-13H,1H3. The summed E-state index contributed by atoms with van der Waals surface area (Å²) >= 11 is 0. The number of aldehydes is 1. The predicted octanol–water partition coefficient (Wildman–Crippen LogP) is 4.44. The fourth-order valence-electron chi connectivity index (χ4n) is 2.61. The van der Waals surface area contributed by atoms with Crippen LogP contribution in [0.4, 0.5) is 5.69 Å². The van der Waals surface area contributed by atoms with Crippen molar-refractivity contribution < 1.29 is 24.0 Å². The minimum atomic E-state index is -0.632. The highest BCUT2D eigenvalue weighted by molar-refractivity contribution is 6.09. The van der Waals surface area contributed by atoms with Gasteiger partial charge < -0.3 is 9.47 Å². The van der Waals surface area contributed by atoms with E-state index in [2.05, 4.69) is 0 Å². The largest absolute Gasteiger partial charge is 0.493 e. The van der Waals surface area contributed by atoms with Gasteiger partial charge in [-0.2, -0.15) is 0 Å². The van der Waals surface area contributed by atoms with Gasteiger partial charge in [0.05, 0.1) is 12.0 Å². The summed E-state index contributed by atoms with van der Waals surface area (Å²) in [5.41, 5.74) is 0.541. The summed E-state index contributed by atoms with van der Waals surface area (Å²) in [5, 5.41) is 11.5. The molecular weight excluding hydrogens is 362 g/mol. The Kier molecular flexibility index (Phi) is 5.45. The molecule has 28 heavy (non-hydrogen) atoms. The van der Waals surface area contributed by atoms with Crippen LogP contribution in [0.25, 0.3) is 0 Å². The molecule has 0 spiro atoms. The lowest BCUT2D eigenvalue weighted by atomic mass is 10.0. The molecule has 0 N–H and O–H groups in total. The lowest BCUT2D eigenvalue weighted by molar-refractivity contribution is -0.385. The van der Waals surface area contributed by atoms with E-state index in [-0.39, 0.29) is 28.5 Å². The van der Waals surface area contributed by atoms with Crippen LogP contribution >= 0.6 is 0 Å². The second-order valence-electron chi connectivity index (χ2n) is 5.76. The van der Waals surface area contributed by atoms with E-state index >= 15 is 0 Å². The quantitative estimate of drug-likeness (QED) is 0.261. The summed E-state index contributed by atoms with van der Waals surface area (Å²) < 4.78 is 10.8. The average Bonchev–Trinajstić information content (AvgIpc) is 2.73. The van der Waals surface area contributed by atoms with Crippen LogP contribution in [0.2, 0.25) is 0 Å². The van der Waals surface area contributed by atoms with Crippen LogP contribution in [0, 0.1) is 10.1 Å². The van der Waals surface area contributed by atoms with Crippen molar-refractivity contribution in [2.75, 3.05) is 7.11 Å². The first-order chi connectivity index (χ1) is 13.5. The van der Waals surface area contributed by atoms with Crippen molar-refractivity contribution in [3.63, 3.8) is 0 Å².